The summed E-state index contributed by atoms with van der Waals surface area (Å²) in [6.07, 6.45) is 1.28. The number of nitrogens with zero attached hydrogens (tertiary/aromatic N) is 1. The highest BCUT2D eigenvalue weighted by molar-refractivity contribution is 5.89. The number of nitrogens with one attached hydrogen (secondary N) is 1. The standard InChI is InChI=1S/C10H19N3O2/c1-2-5-13-7-8(6-9(13)14)10(15)12-4-3-11/h8H,2-7,11H2,1H3,(H,12,15). The average molecular weight is 213 g/mol. The smallest absolute Gasteiger partial charge is 0.225 e. The summed E-state index contributed by atoms with van der Waals surface area (Å²) in [5.41, 5.74) is 5.29. The molecule has 0 spiro atoms. The third-order valence-electron chi connectivity index (χ3n) is 2.52. The maximum absolute atomic E-state index is 11.6. The summed E-state index contributed by atoms with van der Waals surface area (Å²) >= 11 is 0. The fourth-order valence-electron chi connectivity index (χ4n) is 1.77. The Bertz CT molecular complexity index is 243. The third-order valence-corrected chi connectivity index (χ3v) is 2.52. The Morgan fingerprint density at radius 3 is 3.00 bits per heavy atom. The first kappa shape index (κ1) is 12.0. The van der Waals surface area contributed by atoms with Gasteiger partial charge in [-0.2, -0.15) is 0 Å². The zero-order valence-corrected chi connectivity index (χ0v) is 9.16. The number of hydrogen-bond donors (Lipinski definition) is 2. The van der Waals surface area contributed by atoms with Crippen LogP contribution in [0.15, 0.2) is 0 Å². The zero-order valence-electron chi connectivity index (χ0n) is 9.16. The van der Waals surface area contributed by atoms with Gasteiger partial charge in [0.1, 0.15) is 0 Å². The van der Waals surface area contributed by atoms with Gasteiger partial charge in [0.2, 0.25) is 11.8 Å². The second kappa shape index (κ2) is 5.70. The van der Waals surface area contributed by atoms with Crippen LogP contribution in [0.5, 0.6) is 0 Å². The predicted molar refractivity (Wildman–Crippen MR) is 57.0 cm³/mol. The van der Waals surface area contributed by atoms with E-state index in [1.54, 1.807) is 4.90 Å². The fourth-order valence-corrected chi connectivity index (χ4v) is 1.77. The molecule has 15 heavy (non-hydrogen) atoms. The molecule has 0 saturated carbocycles. The first-order valence-corrected chi connectivity index (χ1v) is 5.44. The number of rotatable bonds is 5. The van der Waals surface area contributed by atoms with E-state index in [0.29, 0.717) is 26.1 Å². The molecule has 5 nitrogen and oxygen atoms in total. The van der Waals surface area contributed by atoms with Gasteiger partial charge in [-0.1, -0.05) is 6.92 Å². The number of hydrogen-bond acceptors (Lipinski definition) is 3. The predicted octanol–water partition coefficient (Wildman–Crippen LogP) is -0.680. The summed E-state index contributed by atoms with van der Waals surface area (Å²) in [7, 11) is 0. The maximum Gasteiger partial charge on any atom is 0.225 e. The molecule has 5 heteroatoms. The van der Waals surface area contributed by atoms with Crippen molar-refractivity contribution in [1.82, 2.24) is 10.2 Å². The van der Waals surface area contributed by atoms with Crippen molar-refractivity contribution in [3.63, 3.8) is 0 Å². The molecule has 1 unspecified atom stereocenters. The Hall–Kier alpha value is -1.10. The summed E-state index contributed by atoms with van der Waals surface area (Å²) in [5.74, 6) is -0.146. The van der Waals surface area contributed by atoms with Crippen LogP contribution in [0.25, 0.3) is 0 Å². The second-order valence-electron chi connectivity index (χ2n) is 3.82. The van der Waals surface area contributed by atoms with E-state index in [9.17, 15) is 9.59 Å². The first-order chi connectivity index (χ1) is 7.19. The molecule has 3 N–H and O–H groups in total. The van der Waals surface area contributed by atoms with Crippen molar-refractivity contribution in [2.24, 2.45) is 11.7 Å². The van der Waals surface area contributed by atoms with Crippen molar-refractivity contribution >= 4 is 11.8 Å². The maximum atomic E-state index is 11.6. The zero-order chi connectivity index (χ0) is 11.3. The Morgan fingerprint density at radius 2 is 2.40 bits per heavy atom. The van der Waals surface area contributed by atoms with Gasteiger partial charge in [-0.05, 0) is 6.42 Å². The largest absolute Gasteiger partial charge is 0.355 e. The third kappa shape index (κ3) is 3.20. The van der Waals surface area contributed by atoms with E-state index in [-0.39, 0.29) is 17.7 Å². The summed E-state index contributed by atoms with van der Waals surface area (Å²) in [4.78, 5) is 24.8. The average Bonchev–Trinajstić information content (AvgIpc) is 2.58. The van der Waals surface area contributed by atoms with Crippen molar-refractivity contribution in [3.8, 4) is 0 Å². The van der Waals surface area contributed by atoms with E-state index >= 15 is 0 Å². The number of carbonyl (C=O) groups is 2. The molecule has 0 aromatic heterocycles. The minimum absolute atomic E-state index is 0.0487. The van der Waals surface area contributed by atoms with Crippen LogP contribution in [0, 0.1) is 5.92 Å². The molecule has 1 saturated heterocycles. The van der Waals surface area contributed by atoms with Gasteiger partial charge >= 0.3 is 0 Å². The minimum Gasteiger partial charge on any atom is -0.355 e. The second-order valence-corrected chi connectivity index (χ2v) is 3.82. The van der Waals surface area contributed by atoms with Gasteiger partial charge in [0, 0.05) is 32.6 Å². The van der Waals surface area contributed by atoms with E-state index in [1.807, 2.05) is 6.92 Å². The van der Waals surface area contributed by atoms with Crippen LogP contribution in [0.4, 0.5) is 0 Å². The number of amides is 2. The molecule has 86 valence electrons. The van der Waals surface area contributed by atoms with Crippen molar-refractivity contribution in [1.29, 1.82) is 0 Å². The molecule has 1 atom stereocenters. The lowest BCUT2D eigenvalue weighted by atomic mass is 10.1. The van der Waals surface area contributed by atoms with E-state index in [4.69, 9.17) is 5.73 Å². The first-order valence-electron chi connectivity index (χ1n) is 5.44. The van der Waals surface area contributed by atoms with Crippen molar-refractivity contribution in [3.05, 3.63) is 0 Å². The Morgan fingerprint density at radius 1 is 1.67 bits per heavy atom. The molecule has 1 rings (SSSR count). The topological polar surface area (TPSA) is 75.4 Å². The molecule has 0 aromatic rings. The molecule has 0 aliphatic carbocycles. The highest BCUT2D eigenvalue weighted by atomic mass is 16.2. The molecule has 0 aromatic carbocycles. The van der Waals surface area contributed by atoms with Crippen molar-refractivity contribution in [2.75, 3.05) is 26.2 Å². The lowest BCUT2D eigenvalue weighted by molar-refractivity contribution is -0.129. The quantitative estimate of drug-likeness (QED) is 0.635. The van der Waals surface area contributed by atoms with Crippen LogP contribution in [0.2, 0.25) is 0 Å². The van der Waals surface area contributed by atoms with E-state index in [1.165, 1.54) is 0 Å². The minimum atomic E-state index is -0.185. The summed E-state index contributed by atoms with van der Waals surface area (Å²) in [5, 5.41) is 2.71. The van der Waals surface area contributed by atoms with Gasteiger partial charge in [-0.25, -0.2) is 0 Å². The Labute approximate surface area is 90.0 Å². The van der Waals surface area contributed by atoms with Gasteiger partial charge in [-0.15, -0.1) is 0 Å². The molecular weight excluding hydrogens is 194 g/mol. The van der Waals surface area contributed by atoms with Crippen LogP contribution >= 0.6 is 0 Å². The van der Waals surface area contributed by atoms with Gasteiger partial charge in [-0.3, -0.25) is 9.59 Å². The van der Waals surface area contributed by atoms with Crippen LogP contribution in [-0.4, -0.2) is 42.9 Å². The number of carbonyl (C=O) groups excluding carboxylic acids is 2. The fraction of sp³-hybridized carbons (Fsp3) is 0.800. The molecule has 1 aliphatic heterocycles. The molecule has 2 amide bonds. The Balaban J connectivity index is 2.39. The molecular formula is C10H19N3O2. The summed E-state index contributed by atoms with van der Waals surface area (Å²) in [6, 6.07) is 0. The van der Waals surface area contributed by atoms with Gasteiger partial charge < -0.3 is 16.0 Å². The van der Waals surface area contributed by atoms with Crippen LogP contribution in [-0.2, 0) is 9.59 Å². The van der Waals surface area contributed by atoms with Crippen LogP contribution in [0.3, 0.4) is 0 Å². The number of likely N-dealkylation sites (tertiary alicyclic amines) is 1. The summed E-state index contributed by atoms with van der Waals surface area (Å²) < 4.78 is 0. The van der Waals surface area contributed by atoms with Gasteiger partial charge in [0.25, 0.3) is 0 Å². The van der Waals surface area contributed by atoms with E-state index in [2.05, 4.69) is 5.32 Å². The lowest BCUT2D eigenvalue weighted by Gasteiger charge is -2.14. The molecule has 0 radical (unpaired) electrons. The Kier molecular flexibility index (Phi) is 4.55. The van der Waals surface area contributed by atoms with Crippen LogP contribution < -0.4 is 11.1 Å². The van der Waals surface area contributed by atoms with Gasteiger partial charge in [0.15, 0.2) is 0 Å². The molecule has 1 fully saturated rings. The van der Waals surface area contributed by atoms with Crippen LogP contribution in [0.1, 0.15) is 19.8 Å². The highest BCUT2D eigenvalue weighted by Gasteiger charge is 2.33. The lowest BCUT2D eigenvalue weighted by Crippen LogP contribution is -2.35. The molecule has 1 aliphatic rings. The normalized spacial score (nSPS) is 20.8. The molecule has 1 heterocycles. The van der Waals surface area contributed by atoms with E-state index < -0.39 is 0 Å². The van der Waals surface area contributed by atoms with E-state index in [0.717, 1.165) is 13.0 Å². The summed E-state index contributed by atoms with van der Waals surface area (Å²) in [6.45, 7) is 4.25. The van der Waals surface area contributed by atoms with Crippen molar-refractivity contribution in [2.45, 2.75) is 19.8 Å². The monoisotopic (exact) mass is 213 g/mol. The van der Waals surface area contributed by atoms with Crippen molar-refractivity contribution < 1.29 is 9.59 Å². The SMILES string of the molecule is CCCN1CC(C(=O)NCCN)CC1=O. The highest BCUT2D eigenvalue weighted by Crippen LogP contribution is 2.17. The molecule has 0 bridgehead atoms. The number of nitrogens with two attached hydrogens (primary N) is 1. The van der Waals surface area contributed by atoms with Gasteiger partial charge in [0.05, 0.1) is 5.92 Å².